The Labute approximate surface area is 529 Å². The van der Waals surface area contributed by atoms with Gasteiger partial charge < -0.3 is 74.7 Å². The lowest BCUT2D eigenvalue weighted by Crippen LogP contribution is -2.67. The summed E-state index contributed by atoms with van der Waals surface area (Å²) in [6.07, 6.45) is 25.0. The lowest BCUT2D eigenvalue weighted by molar-refractivity contribution is -0.302. The number of unbranched alkanes of at least 4 members (excludes halogenated alkanes) is 34. The quantitative estimate of drug-likeness (QED) is 0.0154. The van der Waals surface area contributed by atoms with Crippen LogP contribution in [0.15, 0.2) is 0 Å². The fourth-order valence-electron chi connectivity index (χ4n) is 11.8. The Balaban J connectivity index is 2.24. The van der Waals surface area contributed by atoms with Crippen molar-refractivity contribution in [2.24, 2.45) is 0 Å². The first-order valence-corrected chi connectivity index (χ1v) is 36.6. The second kappa shape index (κ2) is 52.1. The molecular weight excluding hydrogens is 1160 g/mol. The third-order valence-corrected chi connectivity index (χ3v) is 17.6. The standard InChI is InChI=1S/C66H125N2O19P/c1-4-7-10-13-16-22-27-32-37-42-51(70)47-55(71)67-59-62(77)61(76)54(86-65(59)82-46-41-36-31-26-21-19-20-25-29-34-39-44-57(73)74)50-83-66-60(63(78)64(53(49-69)85-66)87-88(79,80)81)68-56(72)48-52(43-38-33-28-23-17-14-11-8-5-2)84-58(75)45-40-35-30-24-18-15-12-9-6-3/h51-54,59-66,69-70,76-78H,4-50H2,1-3H3,(H,67,71)(H,68,72)(H,73,74)(H2,79,80,81)/t51-,52-,53-,54-,59-,60-,61-,62-,63-,64-,65+,66-/m1/s1. The smallest absolute Gasteiger partial charge is 0.470 e. The minimum atomic E-state index is -5.33. The van der Waals surface area contributed by atoms with Crippen molar-refractivity contribution in [3.05, 3.63) is 0 Å². The lowest BCUT2D eigenvalue weighted by Gasteiger charge is -2.45. The van der Waals surface area contributed by atoms with Crippen LogP contribution in [-0.4, -0.2) is 157 Å². The van der Waals surface area contributed by atoms with E-state index in [0.29, 0.717) is 38.5 Å². The van der Waals surface area contributed by atoms with Crippen LogP contribution < -0.4 is 10.6 Å². The van der Waals surface area contributed by atoms with Crippen molar-refractivity contribution in [3.63, 3.8) is 0 Å². The monoisotopic (exact) mass is 1280 g/mol. The second-order valence-electron chi connectivity index (χ2n) is 25.2. The molecule has 0 radical (unpaired) electrons. The van der Waals surface area contributed by atoms with Crippen LogP contribution in [0.2, 0.25) is 0 Å². The Bertz CT molecular complexity index is 1800. The molecule has 10 N–H and O–H groups in total. The maximum Gasteiger partial charge on any atom is 0.470 e. The number of amides is 2. The molecule has 0 aromatic heterocycles. The van der Waals surface area contributed by atoms with Crippen LogP contribution >= 0.6 is 7.82 Å². The Morgan fingerprint density at radius 2 is 0.886 bits per heavy atom. The molecule has 0 aliphatic carbocycles. The Kier molecular flexibility index (Phi) is 48.3. The normalized spacial score (nSPS) is 23.0. The van der Waals surface area contributed by atoms with Gasteiger partial charge in [-0.05, 0) is 38.5 Å². The molecule has 12 atom stereocenters. The SMILES string of the molecule is CCCCCCCCCCCC(=O)O[C@H](CCCCCCCCCCC)CC(=O)N[C@H]1[C@H](OC[C@H]2O[C@H](OCCCCCCCCCCCCCC(=O)O)[C@H](NC(=O)C[C@H](O)CCCCCCCCCCC)[C@@H](O)[C@@H]2O)O[C@H](CO)[C@@H](OP(=O)(O)O)[C@@H]1O. The number of nitrogens with one attached hydrogen (secondary N) is 2. The Morgan fingerprint density at radius 1 is 0.489 bits per heavy atom. The van der Waals surface area contributed by atoms with Crippen molar-refractivity contribution in [1.29, 1.82) is 0 Å². The van der Waals surface area contributed by atoms with Crippen molar-refractivity contribution < 1.29 is 92.4 Å². The molecule has 2 saturated heterocycles. The third kappa shape index (κ3) is 39.9. The number of rotatable bonds is 58. The molecule has 0 aromatic rings. The summed E-state index contributed by atoms with van der Waals surface area (Å²) in [6, 6.07) is -2.91. The zero-order valence-electron chi connectivity index (χ0n) is 54.7. The molecule has 0 unspecified atom stereocenters. The van der Waals surface area contributed by atoms with Crippen LogP contribution in [0.25, 0.3) is 0 Å². The summed E-state index contributed by atoms with van der Waals surface area (Å²) < 4.78 is 47.6. The van der Waals surface area contributed by atoms with Gasteiger partial charge in [-0.15, -0.1) is 0 Å². The molecule has 2 aliphatic heterocycles. The summed E-state index contributed by atoms with van der Waals surface area (Å²) in [7, 11) is -5.33. The van der Waals surface area contributed by atoms with Gasteiger partial charge in [0, 0.05) is 19.4 Å². The van der Waals surface area contributed by atoms with E-state index in [0.717, 1.165) is 135 Å². The van der Waals surface area contributed by atoms with E-state index in [1.165, 1.54) is 83.5 Å². The molecule has 0 spiro atoms. The average Bonchev–Trinajstić information content (AvgIpc) is 2.33. The number of hydrogen-bond acceptors (Lipinski definition) is 16. The van der Waals surface area contributed by atoms with Crippen LogP contribution in [-0.2, 0) is 52.0 Å². The van der Waals surface area contributed by atoms with Gasteiger partial charge in [-0.1, -0.05) is 239 Å². The highest BCUT2D eigenvalue weighted by molar-refractivity contribution is 7.46. The molecule has 2 aliphatic rings. The zero-order chi connectivity index (χ0) is 64.6. The summed E-state index contributed by atoms with van der Waals surface area (Å²) >= 11 is 0. The predicted molar refractivity (Wildman–Crippen MR) is 339 cm³/mol. The highest BCUT2D eigenvalue weighted by atomic mass is 31.2. The van der Waals surface area contributed by atoms with E-state index in [4.69, 9.17) is 33.3 Å². The topological polar surface area (TPSA) is 327 Å². The molecule has 2 rings (SSSR count). The fraction of sp³-hybridized carbons (Fsp3) is 0.939. The van der Waals surface area contributed by atoms with E-state index in [9.17, 15) is 59.1 Å². The first kappa shape index (κ1) is 81.7. The number of carbonyl (C=O) groups excluding carboxylic acids is 3. The number of aliphatic hydroxyl groups is 5. The average molecular weight is 1280 g/mol. The van der Waals surface area contributed by atoms with Gasteiger partial charge in [0.05, 0.1) is 32.2 Å². The van der Waals surface area contributed by atoms with Gasteiger partial charge in [0.15, 0.2) is 12.6 Å². The second-order valence-corrected chi connectivity index (χ2v) is 26.4. The third-order valence-electron chi connectivity index (χ3n) is 17.1. The molecule has 88 heavy (non-hydrogen) atoms. The number of carboxylic acid groups (broad SMARTS) is 1. The van der Waals surface area contributed by atoms with Crippen molar-refractivity contribution in [3.8, 4) is 0 Å². The first-order valence-electron chi connectivity index (χ1n) is 35.1. The minimum absolute atomic E-state index is 0.158. The van der Waals surface area contributed by atoms with Gasteiger partial charge in [-0.2, -0.15) is 0 Å². The molecule has 0 bridgehead atoms. The number of hydrogen-bond donors (Lipinski definition) is 10. The summed E-state index contributed by atoms with van der Waals surface area (Å²) in [5, 5.41) is 70.6. The fourth-order valence-corrected chi connectivity index (χ4v) is 12.4. The molecule has 2 amide bonds. The molecule has 21 nitrogen and oxygen atoms in total. The molecule has 0 aromatic carbocycles. The van der Waals surface area contributed by atoms with E-state index in [1.807, 2.05) is 0 Å². The van der Waals surface area contributed by atoms with Gasteiger partial charge in [0.25, 0.3) is 0 Å². The summed E-state index contributed by atoms with van der Waals surface area (Å²) in [4.78, 5) is 71.4. The van der Waals surface area contributed by atoms with Crippen molar-refractivity contribution in [2.45, 2.75) is 377 Å². The number of aliphatic carboxylic acids is 1. The van der Waals surface area contributed by atoms with E-state index in [1.54, 1.807) is 0 Å². The zero-order valence-corrected chi connectivity index (χ0v) is 55.6. The lowest BCUT2D eigenvalue weighted by atomic mass is 9.95. The van der Waals surface area contributed by atoms with Gasteiger partial charge in [0.1, 0.15) is 54.8 Å². The van der Waals surface area contributed by atoms with E-state index >= 15 is 0 Å². The number of esters is 1. The molecule has 2 heterocycles. The number of ether oxygens (including phenoxy) is 5. The number of phosphoric ester groups is 1. The first-order chi connectivity index (χ1) is 42.4. The maximum absolute atomic E-state index is 14.1. The molecule has 22 heteroatoms. The number of carbonyl (C=O) groups is 4. The van der Waals surface area contributed by atoms with E-state index < -0.39 is 118 Å². The van der Waals surface area contributed by atoms with E-state index in [2.05, 4.69) is 31.4 Å². The van der Waals surface area contributed by atoms with Gasteiger partial charge in [-0.3, -0.25) is 23.7 Å². The number of phosphoric acid groups is 1. The highest BCUT2D eigenvalue weighted by Crippen LogP contribution is 2.42. The number of aliphatic hydroxyl groups excluding tert-OH is 5. The van der Waals surface area contributed by atoms with Gasteiger partial charge in [-0.25, -0.2) is 4.57 Å². The van der Waals surface area contributed by atoms with Crippen LogP contribution in [0.1, 0.15) is 303 Å². The van der Waals surface area contributed by atoms with Crippen LogP contribution in [0.4, 0.5) is 0 Å². The van der Waals surface area contributed by atoms with Crippen molar-refractivity contribution in [1.82, 2.24) is 10.6 Å². The predicted octanol–water partition coefficient (Wildman–Crippen LogP) is 11.6. The molecule has 518 valence electrons. The van der Waals surface area contributed by atoms with Gasteiger partial charge in [0.2, 0.25) is 11.8 Å². The maximum atomic E-state index is 14.1. The van der Waals surface area contributed by atoms with Crippen LogP contribution in [0.5, 0.6) is 0 Å². The Morgan fingerprint density at radius 3 is 1.35 bits per heavy atom. The minimum Gasteiger partial charge on any atom is -0.481 e. The summed E-state index contributed by atoms with van der Waals surface area (Å²) in [5.74, 6) is -2.49. The van der Waals surface area contributed by atoms with Crippen LogP contribution in [0, 0.1) is 0 Å². The Hall–Kier alpha value is -2.37. The highest BCUT2D eigenvalue weighted by Gasteiger charge is 2.51. The van der Waals surface area contributed by atoms with Crippen molar-refractivity contribution in [2.75, 3.05) is 19.8 Å². The molecule has 2 fully saturated rings. The van der Waals surface area contributed by atoms with Crippen molar-refractivity contribution >= 4 is 31.6 Å². The number of carboxylic acids is 1. The van der Waals surface area contributed by atoms with E-state index in [-0.39, 0.29) is 32.3 Å². The van der Waals surface area contributed by atoms with Gasteiger partial charge >= 0.3 is 19.8 Å². The summed E-state index contributed by atoms with van der Waals surface area (Å²) in [5.41, 5.74) is 0. The largest absolute Gasteiger partial charge is 0.481 e. The molecular formula is C66H125N2O19P. The van der Waals surface area contributed by atoms with Crippen LogP contribution in [0.3, 0.4) is 0 Å². The summed E-state index contributed by atoms with van der Waals surface area (Å²) in [6.45, 7) is 5.21. The molecule has 0 saturated carbocycles.